The molecule has 0 aliphatic carbocycles. The minimum absolute atomic E-state index is 0.145. The molecular formula is C20H22FN3O2. The lowest BCUT2D eigenvalue weighted by Crippen LogP contribution is -2.32. The predicted molar refractivity (Wildman–Crippen MR) is 101 cm³/mol. The molecule has 26 heavy (non-hydrogen) atoms. The summed E-state index contributed by atoms with van der Waals surface area (Å²) in [5.41, 5.74) is 2.80. The van der Waals surface area contributed by atoms with Crippen molar-refractivity contribution in [3.8, 4) is 0 Å². The standard InChI is InChI=1S/C20H22FN3O2/c1-13-12-15(9-10-18(13)24-11-5-8-19(24)25)22-14(2)20(26)23-17-7-4-3-6-16(17)21/h3-4,6-7,9-10,12,14,22H,5,8,11H2,1-2H3,(H,23,26). The molecule has 2 amide bonds. The van der Waals surface area contributed by atoms with Gasteiger partial charge in [-0.15, -0.1) is 0 Å². The Kier molecular flexibility index (Phi) is 5.21. The lowest BCUT2D eigenvalue weighted by Gasteiger charge is -2.20. The number of anilines is 3. The van der Waals surface area contributed by atoms with E-state index in [4.69, 9.17) is 0 Å². The number of nitrogens with one attached hydrogen (secondary N) is 2. The third-order valence-electron chi connectivity index (χ3n) is 4.47. The molecule has 6 heteroatoms. The normalized spacial score (nSPS) is 15.0. The second-order valence-corrected chi connectivity index (χ2v) is 6.49. The quantitative estimate of drug-likeness (QED) is 0.860. The van der Waals surface area contributed by atoms with Gasteiger partial charge in [-0.3, -0.25) is 9.59 Å². The van der Waals surface area contributed by atoms with E-state index in [0.29, 0.717) is 6.42 Å². The minimum atomic E-state index is -0.548. The van der Waals surface area contributed by atoms with Gasteiger partial charge in [0.25, 0.3) is 0 Å². The number of carbonyl (C=O) groups excluding carboxylic acids is 2. The number of para-hydroxylation sites is 1. The summed E-state index contributed by atoms with van der Waals surface area (Å²) < 4.78 is 13.6. The summed E-state index contributed by atoms with van der Waals surface area (Å²) in [5, 5.41) is 5.69. The Hall–Kier alpha value is -2.89. The zero-order valence-corrected chi connectivity index (χ0v) is 14.9. The first-order chi connectivity index (χ1) is 12.5. The fraction of sp³-hybridized carbons (Fsp3) is 0.300. The van der Waals surface area contributed by atoms with Crippen molar-refractivity contribution in [2.24, 2.45) is 0 Å². The Morgan fingerprint density at radius 2 is 2.00 bits per heavy atom. The molecule has 1 unspecified atom stereocenters. The lowest BCUT2D eigenvalue weighted by molar-refractivity contribution is -0.117. The van der Waals surface area contributed by atoms with Gasteiger partial charge in [-0.2, -0.15) is 0 Å². The summed E-state index contributed by atoms with van der Waals surface area (Å²) >= 11 is 0. The molecule has 2 aromatic carbocycles. The van der Waals surface area contributed by atoms with Gasteiger partial charge in [-0.05, 0) is 56.2 Å². The van der Waals surface area contributed by atoms with Crippen LogP contribution in [0.3, 0.4) is 0 Å². The highest BCUT2D eigenvalue weighted by molar-refractivity contribution is 5.97. The summed E-state index contributed by atoms with van der Waals surface area (Å²) in [6.07, 6.45) is 1.47. The van der Waals surface area contributed by atoms with Crippen molar-refractivity contribution in [2.75, 3.05) is 22.1 Å². The van der Waals surface area contributed by atoms with Gasteiger partial charge in [0.2, 0.25) is 11.8 Å². The highest BCUT2D eigenvalue weighted by Gasteiger charge is 2.23. The van der Waals surface area contributed by atoms with Gasteiger partial charge in [-0.25, -0.2) is 4.39 Å². The number of rotatable bonds is 5. The van der Waals surface area contributed by atoms with Crippen LogP contribution in [-0.4, -0.2) is 24.4 Å². The first-order valence-electron chi connectivity index (χ1n) is 8.68. The summed E-state index contributed by atoms with van der Waals surface area (Å²) in [6.45, 7) is 4.40. The van der Waals surface area contributed by atoms with E-state index in [1.54, 1.807) is 24.0 Å². The molecule has 0 bridgehead atoms. The average molecular weight is 355 g/mol. The van der Waals surface area contributed by atoms with Crippen LogP contribution >= 0.6 is 0 Å². The monoisotopic (exact) mass is 355 g/mol. The van der Waals surface area contributed by atoms with Crippen molar-refractivity contribution in [3.05, 3.63) is 53.8 Å². The van der Waals surface area contributed by atoms with Crippen molar-refractivity contribution in [2.45, 2.75) is 32.7 Å². The van der Waals surface area contributed by atoms with Gasteiger partial charge in [0.1, 0.15) is 11.9 Å². The maximum atomic E-state index is 13.6. The largest absolute Gasteiger partial charge is 0.374 e. The van der Waals surface area contributed by atoms with Crippen molar-refractivity contribution >= 4 is 28.9 Å². The van der Waals surface area contributed by atoms with Crippen LogP contribution in [0.2, 0.25) is 0 Å². The zero-order chi connectivity index (χ0) is 18.7. The maximum absolute atomic E-state index is 13.6. The average Bonchev–Trinajstić information content (AvgIpc) is 3.03. The third kappa shape index (κ3) is 3.85. The third-order valence-corrected chi connectivity index (χ3v) is 4.47. The van der Waals surface area contributed by atoms with Crippen molar-refractivity contribution in [3.63, 3.8) is 0 Å². The molecule has 3 rings (SSSR count). The van der Waals surface area contributed by atoms with Crippen LogP contribution < -0.4 is 15.5 Å². The maximum Gasteiger partial charge on any atom is 0.246 e. The van der Waals surface area contributed by atoms with Gasteiger partial charge >= 0.3 is 0 Å². The van der Waals surface area contributed by atoms with Gasteiger partial charge in [0.05, 0.1) is 5.69 Å². The Bertz CT molecular complexity index is 838. The molecular weight excluding hydrogens is 333 g/mol. The van der Waals surface area contributed by atoms with E-state index in [1.165, 1.54) is 12.1 Å². The number of hydrogen-bond donors (Lipinski definition) is 2. The molecule has 5 nitrogen and oxygen atoms in total. The number of nitrogens with zero attached hydrogens (tertiary/aromatic N) is 1. The highest BCUT2D eigenvalue weighted by atomic mass is 19.1. The Balaban J connectivity index is 1.66. The van der Waals surface area contributed by atoms with Crippen LogP contribution in [0, 0.1) is 12.7 Å². The highest BCUT2D eigenvalue weighted by Crippen LogP contribution is 2.27. The van der Waals surface area contributed by atoms with Crippen LogP contribution in [-0.2, 0) is 9.59 Å². The molecule has 0 spiro atoms. The van der Waals surface area contributed by atoms with Crippen molar-refractivity contribution < 1.29 is 14.0 Å². The van der Waals surface area contributed by atoms with Gasteiger partial charge in [0.15, 0.2) is 0 Å². The number of amides is 2. The molecule has 0 aromatic heterocycles. The van der Waals surface area contributed by atoms with E-state index in [1.807, 2.05) is 25.1 Å². The molecule has 1 aliphatic heterocycles. The number of halogens is 1. The molecule has 0 radical (unpaired) electrons. The van der Waals surface area contributed by atoms with Crippen molar-refractivity contribution in [1.82, 2.24) is 0 Å². The fourth-order valence-corrected chi connectivity index (χ4v) is 3.07. The zero-order valence-electron chi connectivity index (χ0n) is 14.9. The molecule has 2 N–H and O–H groups in total. The lowest BCUT2D eigenvalue weighted by atomic mass is 10.1. The fourth-order valence-electron chi connectivity index (χ4n) is 3.07. The second kappa shape index (κ2) is 7.56. The number of hydrogen-bond acceptors (Lipinski definition) is 3. The Morgan fingerprint density at radius 3 is 2.65 bits per heavy atom. The van der Waals surface area contributed by atoms with Gasteiger partial charge in [-0.1, -0.05) is 12.1 Å². The molecule has 2 aromatic rings. The van der Waals surface area contributed by atoms with E-state index in [2.05, 4.69) is 10.6 Å². The van der Waals surface area contributed by atoms with Crippen LogP contribution in [0.1, 0.15) is 25.3 Å². The van der Waals surface area contributed by atoms with E-state index >= 15 is 0 Å². The molecule has 1 fully saturated rings. The van der Waals surface area contributed by atoms with E-state index < -0.39 is 11.9 Å². The minimum Gasteiger partial charge on any atom is -0.374 e. The number of benzene rings is 2. The van der Waals surface area contributed by atoms with Crippen LogP contribution in [0.15, 0.2) is 42.5 Å². The first-order valence-corrected chi connectivity index (χ1v) is 8.68. The second-order valence-electron chi connectivity index (χ2n) is 6.49. The number of carbonyl (C=O) groups is 2. The van der Waals surface area contributed by atoms with E-state index in [9.17, 15) is 14.0 Å². The van der Waals surface area contributed by atoms with E-state index in [0.717, 1.165) is 29.9 Å². The first kappa shape index (κ1) is 17.9. The smallest absolute Gasteiger partial charge is 0.246 e. The molecule has 1 saturated heterocycles. The Morgan fingerprint density at radius 1 is 1.23 bits per heavy atom. The Labute approximate surface area is 152 Å². The molecule has 1 atom stereocenters. The summed E-state index contributed by atoms with van der Waals surface area (Å²) in [4.78, 5) is 26.0. The predicted octanol–water partition coefficient (Wildman–Crippen LogP) is 3.70. The SMILES string of the molecule is Cc1cc(NC(C)C(=O)Nc2ccccc2F)ccc1N1CCCC1=O. The van der Waals surface area contributed by atoms with Crippen LogP contribution in [0.4, 0.5) is 21.5 Å². The number of aryl methyl sites for hydroxylation is 1. The van der Waals surface area contributed by atoms with Crippen LogP contribution in [0.5, 0.6) is 0 Å². The topological polar surface area (TPSA) is 61.4 Å². The molecule has 0 saturated carbocycles. The molecule has 1 heterocycles. The molecule has 136 valence electrons. The summed E-state index contributed by atoms with van der Waals surface area (Å²) in [5.74, 6) is -0.651. The summed E-state index contributed by atoms with van der Waals surface area (Å²) in [7, 11) is 0. The molecule has 1 aliphatic rings. The van der Waals surface area contributed by atoms with Gasteiger partial charge < -0.3 is 15.5 Å². The van der Waals surface area contributed by atoms with Crippen molar-refractivity contribution in [1.29, 1.82) is 0 Å². The van der Waals surface area contributed by atoms with Gasteiger partial charge in [0, 0.05) is 24.3 Å². The summed E-state index contributed by atoms with van der Waals surface area (Å²) in [6, 6.07) is 11.2. The van der Waals surface area contributed by atoms with E-state index in [-0.39, 0.29) is 17.5 Å². The van der Waals surface area contributed by atoms with Crippen LogP contribution in [0.25, 0.3) is 0 Å².